The average molecular weight is 256 g/mol. The molecule has 0 saturated heterocycles. The first-order valence-electron chi connectivity index (χ1n) is 6.62. The molecule has 0 amide bonds. The van der Waals surface area contributed by atoms with Crippen LogP contribution in [0.4, 0.5) is 0 Å². The maximum atomic E-state index is 9.74. The summed E-state index contributed by atoms with van der Waals surface area (Å²) in [5.41, 5.74) is 3.30. The summed E-state index contributed by atoms with van der Waals surface area (Å²) in [6.45, 7) is 6.08. The van der Waals surface area contributed by atoms with Crippen molar-refractivity contribution in [3.63, 3.8) is 0 Å². The van der Waals surface area contributed by atoms with Gasteiger partial charge in [-0.25, -0.2) is 0 Å². The highest BCUT2D eigenvalue weighted by Crippen LogP contribution is 2.25. The van der Waals surface area contributed by atoms with Crippen molar-refractivity contribution in [2.24, 2.45) is 0 Å². The molecule has 0 aliphatic heterocycles. The predicted molar refractivity (Wildman–Crippen MR) is 77.7 cm³/mol. The number of aryl methyl sites for hydroxylation is 2. The molecule has 0 spiro atoms. The topological polar surface area (TPSA) is 29.5 Å². The molecule has 19 heavy (non-hydrogen) atoms. The normalized spacial score (nSPS) is 12.2. The van der Waals surface area contributed by atoms with Gasteiger partial charge in [-0.1, -0.05) is 25.1 Å². The van der Waals surface area contributed by atoms with Gasteiger partial charge >= 0.3 is 0 Å². The second kappa shape index (κ2) is 5.89. The minimum atomic E-state index is -0.393. The van der Waals surface area contributed by atoms with Gasteiger partial charge in [-0.15, -0.1) is 0 Å². The summed E-state index contributed by atoms with van der Waals surface area (Å²) in [7, 11) is 0. The minimum absolute atomic E-state index is 0.393. The highest BCUT2D eigenvalue weighted by molar-refractivity contribution is 5.37. The van der Waals surface area contributed by atoms with Crippen molar-refractivity contribution in [1.82, 2.24) is 0 Å². The van der Waals surface area contributed by atoms with Gasteiger partial charge in [0.2, 0.25) is 0 Å². The molecule has 0 fully saturated rings. The van der Waals surface area contributed by atoms with Crippen molar-refractivity contribution < 1.29 is 9.84 Å². The van der Waals surface area contributed by atoms with E-state index in [4.69, 9.17) is 4.74 Å². The Kier molecular flexibility index (Phi) is 4.23. The van der Waals surface area contributed by atoms with E-state index in [0.717, 1.165) is 23.5 Å². The number of ether oxygens (including phenoxy) is 1. The average Bonchev–Trinajstić information content (AvgIpc) is 2.37. The standard InChI is InChI=1S/C17H20O2/c1-4-17(18)14-5-7-15(8-6-14)19-16-10-12(2)9-13(3)11-16/h5-11,17-18H,4H2,1-3H3/t17-/m1/s1. The van der Waals surface area contributed by atoms with Crippen molar-refractivity contribution in [2.45, 2.75) is 33.3 Å². The van der Waals surface area contributed by atoms with E-state index in [2.05, 4.69) is 19.9 Å². The molecule has 1 N–H and O–H groups in total. The van der Waals surface area contributed by atoms with E-state index in [1.54, 1.807) is 0 Å². The Morgan fingerprint density at radius 2 is 1.53 bits per heavy atom. The molecule has 2 aromatic carbocycles. The molecule has 2 nitrogen and oxygen atoms in total. The smallest absolute Gasteiger partial charge is 0.127 e. The van der Waals surface area contributed by atoms with Crippen LogP contribution in [0.1, 0.15) is 36.1 Å². The van der Waals surface area contributed by atoms with Gasteiger partial charge in [0.05, 0.1) is 6.10 Å². The van der Waals surface area contributed by atoms with Crippen LogP contribution in [0.2, 0.25) is 0 Å². The minimum Gasteiger partial charge on any atom is -0.457 e. The van der Waals surface area contributed by atoms with Crippen LogP contribution in [-0.4, -0.2) is 5.11 Å². The highest BCUT2D eigenvalue weighted by Gasteiger charge is 2.05. The SMILES string of the molecule is CC[C@@H](O)c1ccc(Oc2cc(C)cc(C)c2)cc1. The predicted octanol–water partition coefficient (Wildman–Crippen LogP) is 4.54. The van der Waals surface area contributed by atoms with E-state index in [1.807, 2.05) is 43.3 Å². The number of hydrogen-bond acceptors (Lipinski definition) is 2. The van der Waals surface area contributed by atoms with E-state index in [1.165, 1.54) is 11.1 Å². The molecule has 0 aliphatic rings. The molecule has 1 atom stereocenters. The number of aliphatic hydroxyl groups excluding tert-OH is 1. The molecule has 2 aromatic rings. The zero-order chi connectivity index (χ0) is 13.8. The maximum Gasteiger partial charge on any atom is 0.127 e. The summed E-state index contributed by atoms with van der Waals surface area (Å²) < 4.78 is 5.83. The molecule has 0 heterocycles. The third-order valence-electron chi connectivity index (χ3n) is 3.08. The van der Waals surface area contributed by atoms with Crippen LogP contribution in [0.5, 0.6) is 11.5 Å². The van der Waals surface area contributed by atoms with Crippen LogP contribution in [-0.2, 0) is 0 Å². The number of benzene rings is 2. The van der Waals surface area contributed by atoms with Gasteiger partial charge < -0.3 is 9.84 Å². The quantitative estimate of drug-likeness (QED) is 0.870. The Hall–Kier alpha value is -1.80. The van der Waals surface area contributed by atoms with Gasteiger partial charge in [-0.2, -0.15) is 0 Å². The Bertz CT molecular complexity index is 523. The van der Waals surface area contributed by atoms with Gasteiger partial charge in [-0.05, 0) is 61.2 Å². The fraction of sp³-hybridized carbons (Fsp3) is 0.294. The lowest BCUT2D eigenvalue weighted by Gasteiger charge is -2.11. The van der Waals surface area contributed by atoms with E-state index >= 15 is 0 Å². The third-order valence-corrected chi connectivity index (χ3v) is 3.08. The molecule has 0 bridgehead atoms. The van der Waals surface area contributed by atoms with Crippen molar-refractivity contribution >= 4 is 0 Å². The summed E-state index contributed by atoms with van der Waals surface area (Å²) in [6.07, 6.45) is 0.326. The third kappa shape index (κ3) is 3.58. The van der Waals surface area contributed by atoms with Gasteiger partial charge in [0, 0.05) is 0 Å². The highest BCUT2D eigenvalue weighted by atomic mass is 16.5. The van der Waals surface area contributed by atoms with Crippen LogP contribution >= 0.6 is 0 Å². The van der Waals surface area contributed by atoms with E-state index in [9.17, 15) is 5.11 Å². The molecule has 0 aliphatic carbocycles. The molecule has 0 saturated carbocycles. The Morgan fingerprint density at radius 3 is 2.05 bits per heavy atom. The number of hydrogen-bond donors (Lipinski definition) is 1. The van der Waals surface area contributed by atoms with Crippen molar-refractivity contribution in [3.8, 4) is 11.5 Å². The monoisotopic (exact) mass is 256 g/mol. The molecule has 0 radical (unpaired) electrons. The first-order valence-corrected chi connectivity index (χ1v) is 6.62. The van der Waals surface area contributed by atoms with Crippen molar-refractivity contribution in [2.75, 3.05) is 0 Å². The molecular formula is C17H20O2. The second-order valence-corrected chi connectivity index (χ2v) is 4.92. The second-order valence-electron chi connectivity index (χ2n) is 4.92. The molecule has 0 aromatic heterocycles. The zero-order valence-corrected chi connectivity index (χ0v) is 11.7. The maximum absolute atomic E-state index is 9.74. The fourth-order valence-electron chi connectivity index (χ4n) is 2.12. The van der Waals surface area contributed by atoms with Crippen LogP contribution in [0, 0.1) is 13.8 Å². The summed E-state index contributed by atoms with van der Waals surface area (Å²) >= 11 is 0. The summed E-state index contributed by atoms with van der Waals surface area (Å²) in [6, 6.07) is 13.8. The summed E-state index contributed by atoms with van der Waals surface area (Å²) in [5.74, 6) is 1.64. The lowest BCUT2D eigenvalue weighted by molar-refractivity contribution is 0.173. The molecule has 2 heteroatoms. The van der Waals surface area contributed by atoms with Crippen LogP contribution in [0.15, 0.2) is 42.5 Å². The van der Waals surface area contributed by atoms with Crippen molar-refractivity contribution in [1.29, 1.82) is 0 Å². The summed E-state index contributed by atoms with van der Waals surface area (Å²) in [4.78, 5) is 0. The molecule has 2 rings (SSSR count). The lowest BCUT2D eigenvalue weighted by atomic mass is 10.1. The lowest BCUT2D eigenvalue weighted by Crippen LogP contribution is -1.94. The summed E-state index contributed by atoms with van der Waals surface area (Å²) in [5, 5.41) is 9.74. The van der Waals surface area contributed by atoms with Crippen molar-refractivity contribution in [3.05, 3.63) is 59.2 Å². The first kappa shape index (κ1) is 13.6. The van der Waals surface area contributed by atoms with Gasteiger partial charge in [0.1, 0.15) is 11.5 Å². The Morgan fingerprint density at radius 1 is 0.947 bits per heavy atom. The number of rotatable bonds is 4. The molecule has 100 valence electrons. The van der Waals surface area contributed by atoms with Crippen LogP contribution in [0.3, 0.4) is 0 Å². The largest absolute Gasteiger partial charge is 0.457 e. The first-order chi connectivity index (χ1) is 9.08. The molecule has 0 unspecified atom stereocenters. The Labute approximate surface area is 114 Å². The Balaban J connectivity index is 2.15. The fourth-order valence-corrected chi connectivity index (χ4v) is 2.12. The van der Waals surface area contributed by atoms with Gasteiger partial charge in [-0.3, -0.25) is 0 Å². The molecular weight excluding hydrogens is 236 g/mol. The van der Waals surface area contributed by atoms with Crippen LogP contribution < -0.4 is 4.74 Å². The van der Waals surface area contributed by atoms with Crippen LogP contribution in [0.25, 0.3) is 0 Å². The van der Waals surface area contributed by atoms with E-state index < -0.39 is 6.10 Å². The van der Waals surface area contributed by atoms with Gasteiger partial charge in [0.25, 0.3) is 0 Å². The van der Waals surface area contributed by atoms with E-state index in [0.29, 0.717) is 0 Å². The van der Waals surface area contributed by atoms with E-state index in [-0.39, 0.29) is 0 Å². The van der Waals surface area contributed by atoms with Gasteiger partial charge in [0.15, 0.2) is 0 Å². The number of aliphatic hydroxyl groups is 1. The zero-order valence-electron chi connectivity index (χ0n) is 11.7.